The highest BCUT2D eigenvalue weighted by Gasteiger charge is 2.45. The first-order chi connectivity index (χ1) is 5.89. The Balaban J connectivity index is 4.11. The Kier molecular flexibility index (Phi) is 5.14. The van der Waals surface area contributed by atoms with E-state index in [4.69, 9.17) is 13.6 Å². The van der Waals surface area contributed by atoms with Gasteiger partial charge in [0.05, 0.1) is 27.8 Å². The highest BCUT2D eigenvalue weighted by Crippen LogP contribution is 2.61. The molecule has 0 fully saturated rings. The summed E-state index contributed by atoms with van der Waals surface area (Å²) < 4.78 is 49.9. The van der Waals surface area contributed by atoms with E-state index in [1.54, 1.807) is 0 Å². The molecule has 0 aromatic heterocycles. The molecule has 0 amide bonds. The number of rotatable bonds is 5. The summed E-state index contributed by atoms with van der Waals surface area (Å²) in [5, 5.41) is 0. The SMILES string of the molecule is CO[P+](CCC(F)(F)F)(OC)OC. The van der Waals surface area contributed by atoms with Crippen molar-refractivity contribution < 1.29 is 26.7 Å². The molecule has 0 aliphatic rings. The molecule has 7 heteroatoms. The van der Waals surface area contributed by atoms with Crippen LogP contribution < -0.4 is 0 Å². The Labute approximate surface area is 75.7 Å². The van der Waals surface area contributed by atoms with Gasteiger partial charge in [-0.1, -0.05) is 0 Å². The average molecular weight is 221 g/mol. The Bertz CT molecular complexity index is 138. The van der Waals surface area contributed by atoms with Crippen molar-refractivity contribution in [2.75, 3.05) is 27.5 Å². The maximum atomic E-state index is 11.8. The Morgan fingerprint density at radius 3 is 1.62 bits per heavy atom. The Hall–Kier alpha value is 0.100. The van der Waals surface area contributed by atoms with Crippen molar-refractivity contribution in [3.05, 3.63) is 0 Å². The summed E-state index contributed by atoms with van der Waals surface area (Å²) in [6.07, 6.45) is -5.45. The molecule has 0 atom stereocenters. The minimum Gasteiger partial charge on any atom is -0.181 e. The average Bonchev–Trinajstić information content (AvgIpc) is 2.06. The van der Waals surface area contributed by atoms with Crippen LogP contribution in [0.4, 0.5) is 13.2 Å². The maximum absolute atomic E-state index is 11.8. The predicted molar refractivity (Wildman–Crippen MR) is 43.5 cm³/mol. The fourth-order valence-corrected chi connectivity index (χ4v) is 2.28. The third-order valence-electron chi connectivity index (χ3n) is 1.50. The van der Waals surface area contributed by atoms with Gasteiger partial charge >= 0.3 is 14.1 Å². The molecule has 0 rings (SSSR count). The molecule has 0 radical (unpaired) electrons. The van der Waals surface area contributed by atoms with Crippen LogP contribution >= 0.6 is 7.94 Å². The molecule has 0 bridgehead atoms. The van der Waals surface area contributed by atoms with Crippen molar-refractivity contribution in [1.29, 1.82) is 0 Å². The van der Waals surface area contributed by atoms with Gasteiger partial charge in [0.2, 0.25) is 0 Å². The van der Waals surface area contributed by atoms with Crippen molar-refractivity contribution in [3.8, 4) is 0 Å². The van der Waals surface area contributed by atoms with E-state index < -0.39 is 20.5 Å². The van der Waals surface area contributed by atoms with Crippen LogP contribution in [-0.2, 0) is 13.6 Å². The van der Waals surface area contributed by atoms with Gasteiger partial charge < -0.3 is 0 Å². The minimum absolute atomic E-state index is 0.278. The quantitative estimate of drug-likeness (QED) is 0.668. The second-order valence-electron chi connectivity index (χ2n) is 2.25. The van der Waals surface area contributed by atoms with Gasteiger partial charge in [0.25, 0.3) is 0 Å². The zero-order chi connectivity index (χ0) is 10.5. The molecule has 13 heavy (non-hydrogen) atoms. The van der Waals surface area contributed by atoms with Crippen LogP contribution in [0.5, 0.6) is 0 Å². The van der Waals surface area contributed by atoms with Crippen LogP contribution in [0.25, 0.3) is 0 Å². The number of alkyl halides is 3. The number of hydrogen-bond acceptors (Lipinski definition) is 3. The maximum Gasteiger partial charge on any atom is 0.410 e. The molecule has 3 nitrogen and oxygen atoms in total. The van der Waals surface area contributed by atoms with E-state index in [9.17, 15) is 13.2 Å². The van der Waals surface area contributed by atoms with Gasteiger partial charge in [-0.2, -0.15) is 26.7 Å². The van der Waals surface area contributed by atoms with Crippen molar-refractivity contribution >= 4 is 7.94 Å². The normalized spacial score (nSPS) is 13.4. The van der Waals surface area contributed by atoms with Crippen molar-refractivity contribution in [1.82, 2.24) is 0 Å². The monoisotopic (exact) mass is 221 g/mol. The summed E-state index contributed by atoms with van der Waals surface area (Å²) in [7, 11) is 1.07. The highest BCUT2D eigenvalue weighted by molar-refractivity contribution is 7.61. The van der Waals surface area contributed by atoms with Crippen molar-refractivity contribution in [2.45, 2.75) is 12.6 Å². The summed E-state index contributed by atoms with van der Waals surface area (Å²) in [5.74, 6) is 0. The Morgan fingerprint density at radius 2 is 1.38 bits per heavy atom. The largest absolute Gasteiger partial charge is 0.410 e. The first kappa shape index (κ1) is 13.1. The van der Waals surface area contributed by atoms with Crippen molar-refractivity contribution in [3.63, 3.8) is 0 Å². The third kappa shape index (κ3) is 4.76. The zero-order valence-electron chi connectivity index (χ0n) is 7.72. The van der Waals surface area contributed by atoms with E-state index in [0.717, 1.165) is 0 Å². The van der Waals surface area contributed by atoms with Crippen LogP contribution in [0.15, 0.2) is 0 Å². The Morgan fingerprint density at radius 1 is 1.00 bits per heavy atom. The zero-order valence-corrected chi connectivity index (χ0v) is 8.61. The van der Waals surface area contributed by atoms with Crippen LogP contribution in [-0.4, -0.2) is 33.7 Å². The fourth-order valence-electron chi connectivity index (χ4n) is 0.761. The summed E-state index contributed by atoms with van der Waals surface area (Å²) in [5.41, 5.74) is 0. The lowest BCUT2D eigenvalue weighted by molar-refractivity contribution is -0.130. The van der Waals surface area contributed by atoms with Gasteiger partial charge in [0.15, 0.2) is 0 Å². The molecule has 80 valence electrons. The van der Waals surface area contributed by atoms with Gasteiger partial charge in [0, 0.05) is 0 Å². The lowest BCUT2D eigenvalue weighted by Crippen LogP contribution is -2.14. The first-order valence-electron chi connectivity index (χ1n) is 3.51. The smallest absolute Gasteiger partial charge is 0.181 e. The second-order valence-corrected chi connectivity index (χ2v) is 5.01. The van der Waals surface area contributed by atoms with Crippen LogP contribution in [0, 0.1) is 0 Å². The molecule has 0 unspecified atom stereocenters. The summed E-state index contributed by atoms with van der Waals surface area (Å²) >= 11 is 0. The van der Waals surface area contributed by atoms with E-state index in [2.05, 4.69) is 0 Å². The van der Waals surface area contributed by atoms with Gasteiger partial charge in [-0.3, -0.25) is 0 Å². The van der Waals surface area contributed by atoms with Gasteiger partial charge in [-0.15, -0.1) is 0 Å². The van der Waals surface area contributed by atoms with Crippen LogP contribution in [0.2, 0.25) is 0 Å². The fraction of sp³-hybridized carbons (Fsp3) is 1.00. The minimum atomic E-state index is -4.21. The van der Waals surface area contributed by atoms with Gasteiger partial charge in [-0.25, -0.2) is 0 Å². The molecule has 0 heterocycles. The molecule has 0 spiro atoms. The second kappa shape index (κ2) is 5.10. The molecule has 0 N–H and O–H groups in total. The van der Waals surface area contributed by atoms with E-state index >= 15 is 0 Å². The molecule has 0 aliphatic carbocycles. The van der Waals surface area contributed by atoms with Crippen LogP contribution in [0.3, 0.4) is 0 Å². The van der Waals surface area contributed by atoms with E-state index in [1.165, 1.54) is 21.3 Å². The lowest BCUT2D eigenvalue weighted by Gasteiger charge is -2.17. The molecular weight excluding hydrogens is 208 g/mol. The molecule has 0 saturated heterocycles. The molecule has 0 aromatic carbocycles. The van der Waals surface area contributed by atoms with Crippen molar-refractivity contribution in [2.24, 2.45) is 0 Å². The molecular formula is C6H13F3O3P+. The van der Waals surface area contributed by atoms with Gasteiger partial charge in [-0.05, 0) is 0 Å². The lowest BCUT2D eigenvalue weighted by atomic mass is 10.5. The predicted octanol–water partition coefficient (Wildman–Crippen LogP) is 2.64. The standard InChI is InChI=1S/C6H13F3O3P/c1-10-13(11-2,12-3)5-4-6(7,8)9/h4-5H2,1-3H3/q+1. The third-order valence-corrected chi connectivity index (χ3v) is 3.94. The molecule has 0 aliphatic heterocycles. The van der Waals surface area contributed by atoms with E-state index in [0.29, 0.717) is 0 Å². The highest BCUT2D eigenvalue weighted by atomic mass is 31.2. The molecule has 0 aromatic rings. The number of hydrogen-bond donors (Lipinski definition) is 0. The summed E-state index contributed by atoms with van der Waals surface area (Å²) in [4.78, 5) is 0. The topological polar surface area (TPSA) is 27.7 Å². The first-order valence-corrected chi connectivity index (χ1v) is 5.24. The summed E-state index contributed by atoms with van der Waals surface area (Å²) in [6.45, 7) is 0. The molecule has 0 saturated carbocycles. The van der Waals surface area contributed by atoms with Gasteiger partial charge in [0.1, 0.15) is 6.16 Å². The van der Waals surface area contributed by atoms with Crippen LogP contribution in [0.1, 0.15) is 6.42 Å². The number of halogens is 3. The van der Waals surface area contributed by atoms with E-state index in [-0.39, 0.29) is 6.16 Å². The summed E-state index contributed by atoms with van der Waals surface area (Å²) in [6, 6.07) is 0. The van der Waals surface area contributed by atoms with E-state index in [1.807, 2.05) is 0 Å².